The summed E-state index contributed by atoms with van der Waals surface area (Å²) in [5.41, 5.74) is 1.02. The van der Waals surface area contributed by atoms with Crippen molar-refractivity contribution in [3.05, 3.63) is 83.7 Å². The number of nitrogens with one attached hydrogen (secondary N) is 2. The molecule has 6 nitrogen and oxygen atoms in total. The number of rotatable bonds is 8. The van der Waals surface area contributed by atoms with Gasteiger partial charge in [-0.15, -0.1) is 0 Å². The second-order valence-corrected chi connectivity index (χ2v) is 7.29. The normalized spacial score (nSPS) is 12.7. The minimum Gasteiger partial charge on any atom is -0.480 e. The second kappa shape index (κ2) is 9.84. The zero-order valence-electron chi connectivity index (χ0n) is 17.0. The standard InChI is InChI=1S/C24H23FN2O4/c1-15(28)26-21(14-18-8-3-5-12-20(18)25)23(29)27-22(24(30)31)13-17-10-6-9-16-7-2-4-11-19(16)17/h2-12,21-22H,13-14H2,1H3,(H,26,28)(H,27,29)(H,30,31)/t21-,22-/m1/s1. The number of halogens is 1. The maximum atomic E-state index is 14.0. The van der Waals surface area contributed by atoms with E-state index in [4.69, 9.17) is 0 Å². The molecule has 3 N–H and O–H groups in total. The SMILES string of the molecule is CC(=O)N[C@H](Cc1ccccc1F)C(=O)N[C@H](Cc1cccc2ccccc12)C(=O)O. The highest BCUT2D eigenvalue weighted by Crippen LogP contribution is 2.20. The van der Waals surface area contributed by atoms with Crippen molar-refractivity contribution in [2.75, 3.05) is 0 Å². The number of carboxylic acid groups (broad SMARTS) is 1. The first-order valence-electron chi connectivity index (χ1n) is 9.85. The number of benzene rings is 3. The molecule has 3 aromatic carbocycles. The minimum absolute atomic E-state index is 0.0644. The summed E-state index contributed by atoms with van der Waals surface area (Å²) >= 11 is 0. The van der Waals surface area contributed by atoms with Crippen LogP contribution in [0.4, 0.5) is 4.39 Å². The van der Waals surface area contributed by atoms with Crippen molar-refractivity contribution < 1.29 is 23.9 Å². The lowest BCUT2D eigenvalue weighted by Crippen LogP contribution is -2.52. The zero-order chi connectivity index (χ0) is 22.4. The Bertz CT molecular complexity index is 1110. The summed E-state index contributed by atoms with van der Waals surface area (Å²) < 4.78 is 14.0. The topological polar surface area (TPSA) is 95.5 Å². The first-order valence-corrected chi connectivity index (χ1v) is 9.85. The second-order valence-electron chi connectivity index (χ2n) is 7.29. The Balaban J connectivity index is 1.81. The molecule has 2 amide bonds. The largest absolute Gasteiger partial charge is 0.480 e. The molecule has 0 aliphatic rings. The Kier molecular flexibility index (Phi) is 6.97. The molecule has 0 unspecified atom stereocenters. The third kappa shape index (κ3) is 5.66. The monoisotopic (exact) mass is 422 g/mol. The van der Waals surface area contributed by atoms with Gasteiger partial charge in [-0.2, -0.15) is 0 Å². The Morgan fingerprint density at radius 1 is 0.839 bits per heavy atom. The van der Waals surface area contributed by atoms with E-state index in [1.54, 1.807) is 6.07 Å². The summed E-state index contributed by atoms with van der Waals surface area (Å²) in [4.78, 5) is 36.3. The van der Waals surface area contributed by atoms with Crippen LogP contribution in [-0.2, 0) is 27.2 Å². The van der Waals surface area contributed by atoms with Gasteiger partial charge < -0.3 is 15.7 Å². The summed E-state index contributed by atoms with van der Waals surface area (Å²) in [7, 11) is 0. The highest BCUT2D eigenvalue weighted by atomic mass is 19.1. The number of hydrogen-bond donors (Lipinski definition) is 3. The van der Waals surface area contributed by atoms with E-state index < -0.39 is 35.7 Å². The highest BCUT2D eigenvalue weighted by Gasteiger charge is 2.27. The van der Waals surface area contributed by atoms with Crippen molar-refractivity contribution in [3.63, 3.8) is 0 Å². The Labute approximate surface area is 179 Å². The lowest BCUT2D eigenvalue weighted by molar-refractivity contribution is -0.142. The van der Waals surface area contributed by atoms with Gasteiger partial charge in [0.05, 0.1) is 0 Å². The van der Waals surface area contributed by atoms with Crippen molar-refractivity contribution in [1.29, 1.82) is 0 Å². The lowest BCUT2D eigenvalue weighted by Gasteiger charge is -2.22. The van der Waals surface area contributed by atoms with Crippen LogP contribution in [0.2, 0.25) is 0 Å². The van der Waals surface area contributed by atoms with Gasteiger partial charge in [0.1, 0.15) is 17.9 Å². The smallest absolute Gasteiger partial charge is 0.326 e. The van der Waals surface area contributed by atoms with E-state index in [0.29, 0.717) is 0 Å². The predicted octanol–water partition coefficient (Wildman–Crippen LogP) is 2.84. The van der Waals surface area contributed by atoms with E-state index in [1.165, 1.54) is 25.1 Å². The molecule has 0 aromatic heterocycles. The molecule has 0 aliphatic heterocycles. The average molecular weight is 422 g/mol. The minimum atomic E-state index is -1.21. The Morgan fingerprint density at radius 2 is 1.45 bits per heavy atom. The molecule has 0 saturated carbocycles. The third-order valence-corrected chi connectivity index (χ3v) is 4.99. The lowest BCUT2D eigenvalue weighted by atomic mass is 9.98. The summed E-state index contributed by atoms with van der Waals surface area (Å²) in [5.74, 6) is -2.87. The number of carboxylic acids is 1. The number of hydrogen-bond acceptors (Lipinski definition) is 3. The highest BCUT2D eigenvalue weighted by molar-refractivity contribution is 5.91. The molecule has 0 aliphatic carbocycles. The van der Waals surface area contributed by atoms with Gasteiger partial charge in [-0.1, -0.05) is 60.7 Å². The molecule has 31 heavy (non-hydrogen) atoms. The third-order valence-electron chi connectivity index (χ3n) is 4.99. The number of carbonyl (C=O) groups is 3. The predicted molar refractivity (Wildman–Crippen MR) is 115 cm³/mol. The van der Waals surface area contributed by atoms with Gasteiger partial charge in [-0.05, 0) is 28.0 Å². The molecule has 7 heteroatoms. The molecule has 0 saturated heterocycles. The number of amides is 2. The van der Waals surface area contributed by atoms with E-state index >= 15 is 0 Å². The molecule has 3 rings (SSSR count). The zero-order valence-corrected chi connectivity index (χ0v) is 17.0. The quantitative estimate of drug-likeness (QED) is 0.520. The van der Waals surface area contributed by atoms with Crippen LogP contribution in [0.15, 0.2) is 66.7 Å². The number of fused-ring (bicyclic) bond motifs is 1. The molecule has 2 atom stereocenters. The maximum Gasteiger partial charge on any atom is 0.326 e. The van der Waals surface area contributed by atoms with E-state index in [0.717, 1.165) is 16.3 Å². The fraction of sp³-hybridized carbons (Fsp3) is 0.208. The fourth-order valence-corrected chi connectivity index (χ4v) is 3.50. The van der Waals surface area contributed by atoms with Gasteiger partial charge in [0.15, 0.2) is 0 Å². The summed E-state index contributed by atoms with van der Waals surface area (Å²) in [6, 6.07) is 16.8. The van der Waals surface area contributed by atoms with Gasteiger partial charge >= 0.3 is 5.97 Å². The van der Waals surface area contributed by atoms with E-state index in [9.17, 15) is 23.9 Å². The average Bonchev–Trinajstić information content (AvgIpc) is 2.74. The van der Waals surface area contributed by atoms with Crippen molar-refractivity contribution in [2.24, 2.45) is 0 Å². The molecular weight excluding hydrogens is 399 g/mol. The van der Waals surface area contributed by atoms with Crippen molar-refractivity contribution >= 4 is 28.6 Å². The van der Waals surface area contributed by atoms with Crippen LogP contribution in [-0.4, -0.2) is 35.0 Å². The van der Waals surface area contributed by atoms with Crippen molar-refractivity contribution in [2.45, 2.75) is 31.8 Å². The molecule has 0 heterocycles. The van der Waals surface area contributed by atoms with Crippen molar-refractivity contribution in [3.8, 4) is 0 Å². The first kappa shape index (κ1) is 22.0. The number of aliphatic carboxylic acids is 1. The molecular formula is C24H23FN2O4. The van der Waals surface area contributed by atoms with Gasteiger partial charge in [0.2, 0.25) is 11.8 Å². The molecule has 0 fully saturated rings. The van der Waals surface area contributed by atoms with E-state index in [1.807, 2.05) is 42.5 Å². The van der Waals surface area contributed by atoms with Gasteiger partial charge in [0, 0.05) is 19.8 Å². The molecule has 3 aromatic rings. The van der Waals surface area contributed by atoms with Crippen molar-refractivity contribution in [1.82, 2.24) is 10.6 Å². The van der Waals surface area contributed by atoms with E-state index in [2.05, 4.69) is 10.6 Å². The first-order chi connectivity index (χ1) is 14.8. The van der Waals surface area contributed by atoms with Gasteiger partial charge in [0.25, 0.3) is 0 Å². The number of carbonyl (C=O) groups excluding carboxylic acids is 2. The molecule has 0 bridgehead atoms. The van der Waals surface area contributed by atoms with Crippen LogP contribution in [0, 0.1) is 5.82 Å². The van der Waals surface area contributed by atoms with Crippen LogP contribution in [0.1, 0.15) is 18.1 Å². The molecule has 160 valence electrons. The van der Waals surface area contributed by atoms with E-state index in [-0.39, 0.29) is 18.4 Å². The molecule has 0 spiro atoms. The maximum absolute atomic E-state index is 14.0. The fourth-order valence-electron chi connectivity index (χ4n) is 3.50. The molecule has 0 radical (unpaired) electrons. The Morgan fingerprint density at radius 3 is 2.16 bits per heavy atom. The van der Waals surface area contributed by atoms with Crippen LogP contribution in [0.5, 0.6) is 0 Å². The van der Waals surface area contributed by atoms with Crippen LogP contribution in [0.25, 0.3) is 10.8 Å². The van der Waals surface area contributed by atoms with Crippen LogP contribution in [0.3, 0.4) is 0 Å². The van der Waals surface area contributed by atoms with Crippen LogP contribution >= 0.6 is 0 Å². The Hall–Kier alpha value is -3.74. The summed E-state index contributed by atoms with van der Waals surface area (Å²) in [5, 5.41) is 16.5. The van der Waals surface area contributed by atoms with Gasteiger partial charge in [-0.25, -0.2) is 9.18 Å². The van der Waals surface area contributed by atoms with Crippen LogP contribution < -0.4 is 10.6 Å². The summed E-state index contributed by atoms with van der Waals surface area (Å²) in [6.07, 6.45) is -0.0341. The van der Waals surface area contributed by atoms with Gasteiger partial charge in [-0.3, -0.25) is 9.59 Å². The summed E-state index contributed by atoms with van der Waals surface area (Å²) in [6.45, 7) is 1.24.